The summed E-state index contributed by atoms with van der Waals surface area (Å²) in [5, 5.41) is 3.23. The van der Waals surface area contributed by atoms with Gasteiger partial charge in [0.05, 0.1) is 12.2 Å². The summed E-state index contributed by atoms with van der Waals surface area (Å²) >= 11 is 4.90. The zero-order valence-corrected chi connectivity index (χ0v) is 11.2. The van der Waals surface area contributed by atoms with Crippen molar-refractivity contribution in [3.05, 3.63) is 47.2 Å². The molecule has 2 rings (SSSR count). The molecule has 1 heterocycles. The van der Waals surface area contributed by atoms with Crippen molar-refractivity contribution in [3.63, 3.8) is 0 Å². The van der Waals surface area contributed by atoms with Crippen LogP contribution in [-0.4, -0.2) is 9.97 Å². The number of anilines is 1. The first-order valence-electron chi connectivity index (χ1n) is 5.63. The van der Waals surface area contributed by atoms with Crippen LogP contribution in [0.1, 0.15) is 22.9 Å². The summed E-state index contributed by atoms with van der Waals surface area (Å²) in [5.41, 5.74) is 8.30. The molecular weight excluding hydrogens is 246 g/mol. The highest BCUT2D eigenvalue weighted by Crippen LogP contribution is 2.13. The summed E-state index contributed by atoms with van der Waals surface area (Å²) in [4.78, 5) is 4.70. The van der Waals surface area contributed by atoms with Gasteiger partial charge in [0.15, 0.2) is 0 Å². The van der Waals surface area contributed by atoms with Crippen LogP contribution in [0.25, 0.3) is 0 Å². The molecule has 0 spiro atoms. The normalized spacial score (nSPS) is 10.3. The van der Waals surface area contributed by atoms with E-state index in [1.54, 1.807) is 0 Å². The van der Waals surface area contributed by atoms with Gasteiger partial charge in [0, 0.05) is 11.3 Å². The van der Waals surface area contributed by atoms with E-state index in [4.69, 9.17) is 22.4 Å². The van der Waals surface area contributed by atoms with E-state index in [9.17, 15) is 0 Å². The molecule has 0 fully saturated rings. The number of rotatable bonds is 4. The van der Waals surface area contributed by atoms with Gasteiger partial charge in [-0.25, -0.2) is 4.98 Å². The molecule has 5 heteroatoms. The van der Waals surface area contributed by atoms with E-state index in [0.29, 0.717) is 17.4 Å². The van der Waals surface area contributed by atoms with E-state index in [-0.39, 0.29) is 0 Å². The van der Waals surface area contributed by atoms with Gasteiger partial charge in [0.2, 0.25) is 5.89 Å². The highest BCUT2D eigenvalue weighted by Gasteiger charge is 2.05. The Bertz CT molecular complexity index is 541. The van der Waals surface area contributed by atoms with Crippen molar-refractivity contribution < 1.29 is 4.42 Å². The van der Waals surface area contributed by atoms with E-state index in [2.05, 4.69) is 10.3 Å². The lowest BCUT2D eigenvalue weighted by molar-refractivity contribution is 0.478. The maximum Gasteiger partial charge on any atom is 0.213 e. The summed E-state index contributed by atoms with van der Waals surface area (Å²) < 4.78 is 5.48. The largest absolute Gasteiger partial charge is 0.444 e. The standard InChI is InChI=1S/C13H15N3OS/c1-8-9(2)17-12(16-8)7-15-11-5-3-10(4-6-11)13(14)18/h3-6,15H,7H2,1-2H3,(H2,14,18). The second-order valence-electron chi connectivity index (χ2n) is 4.04. The first-order chi connectivity index (χ1) is 8.56. The Hall–Kier alpha value is -1.88. The van der Waals surface area contributed by atoms with E-state index in [0.717, 1.165) is 22.7 Å². The van der Waals surface area contributed by atoms with Gasteiger partial charge in [-0.2, -0.15) is 0 Å². The zero-order chi connectivity index (χ0) is 13.1. The molecule has 0 saturated heterocycles. The molecule has 1 aromatic carbocycles. The van der Waals surface area contributed by atoms with Crippen molar-refractivity contribution in [2.24, 2.45) is 5.73 Å². The van der Waals surface area contributed by atoms with Crippen LogP contribution in [0.4, 0.5) is 5.69 Å². The molecular formula is C13H15N3OS. The number of oxazole rings is 1. The predicted octanol–water partition coefficient (Wildman–Crippen LogP) is 2.54. The van der Waals surface area contributed by atoms with Gasteiger partial charge in [-0.15, -0.1) is 0 Å². The molecule has 0 aliphatic heterocycles. The van der Waals surface area contributed by atoms with E-state index < -0.39 is 0 Å². The number of nitrogens with one attached hydrogen (secondary N) is 1. The van der Waals surface area contributed by atoms with Crippen LogP contribution in [0.5, 0.6) is 0 Å². The molecule has 0 amide bonds. The fourth-order valence-corrected chi connectivity index (χ4v) is 1.68. The number of aromatic nitrogens is 1. The third-order valence-corrected chi connectivity index (χ3v) is 2.92. The SMILES string of the molecule is Cc1nc(CNc2ccc(C(N)=S)cc2)oc1C. The van der Waals surface area contributed by atoms with Crippen molar-refractivity contribution >= 4 is 22.9 Å². The predicted molar refractivity (Wildman–Crippen MR) is 75.6 cm³/mol. The van der Waals surface area contributed by atoms with Crippen LogP contribution >= 0.6 is 12.2 Å². The fourth-order valence-electron chi connectivity index (χ4n) is 1.54. The molecule has 1 aromatic heterocycles. The maximum atomic E-state index is 5.53. The number of hydrogen-bond acceptors (Lipinski definition) is 4. The van der Waals surface area contributed by atoms with Crippen LogP contribution < -0.4 is 11.1 Å². The summed E-state index contributed by atoms with van der Waals surface area (Å²) in [6.45, 7) is 4.39. The molecule has 0 bridgehead atoms. The van der Waals surface area contributed by atoms with Gasteiger partial charge in [0.25, 0.3) is 0 Å². The molecule has 0 radical (unpaired) electrons. The topological polar surface area (TPSA) is 64.1 Å². The average Bonchev–Trinajstić information content (AvgIpc) is 2.67. The Kier molecular flexibility index (Phi) is 3.62. The highest BCUT2D eigenvalue weighted by molar-refractivity contribution is 7.80. The lowest BCUT2D eigenvalue weighted by Crippen LogP contribution is -2.09. The van der Waals surface area contributed by atoms with E-state index >= 15 is 0 Å². The lowest BCUT2D eigenvalue weighted by Gasteiger charge is -2.04. The van der Waals surface area contributed by atoms with Crippen LogP contribution in [0.15, 0.2) is 28.7 Å². The van der Waals surface area contributed by atoms with Gasteiger partial charge < -0.3 is 15.5 Å². The van der Waals surface area contributed by atoms with Gasteiger partial charge >= 0.3 is 0 Å². The molecule has 0 unspecified atom stereocenters. The number of benzene rings is 1. The Morgan fingerprint density at radius 3 is 2.50 bits per heavy atom. The van der Waals surface area contributed by atoms with Crippen molar-refractivity contribution in [2.75, 3.05) is 5.32 Å². The van der Waals surface area contributed by atoms with Gasteiger partial charge in [-0.1, -0.05) is 12.2 Å². The Morgan fingerprint density at radius 1 is 1.33 bits per heavy atom. The molecule has 0 aliphatic carbocycles. The quantitative estimate of drug-likeness (QED) is 0.828. The Labute approximate surface area is 111 Å². The van der Waals surface area contributed by atoms with Crippen LogP contribution in [0, 0.1) is 13.8 Å². The van der Waals surface area contributed by atoms with Gasteiger partial charge in [-0.3, -0.25) is 0 Å². The second-order valence-corrected chi connectivity index (χ2v) is 4.48. The third-order valence-electron chi connectivity index (χ3n) is 2.69. The smallest absolute Gasteiger partial charge is 0.213 e. The molecule has 18 heavy (non-hydrogen) atoms. The Morgan fingerprint density at radius 2 is 2.00 bits per heavy atom. The fraction of sp³-hybridized carbons (Fsp3) is 0.231. The molecule has 4 nitrogen and oxygen atoms in total. The lowest BCUT2D eigenvalue weighted by atomic mass is 10.2. The van der Waals surface area contributed by atoms with Crippen LogP contribution in [0.3, 0.4) is 0 Å². The molecule has 3 N–H and O–H groups in total. The van der Waals surface area contributed by atoms with Crippen molar-refractivity contribution in [3.8, 4) is 0 Å². The van der Waals surface area contributed by atoms with Crippen molar-refractivity contribution in [2.45, 2.75) is 20.4 Å². The number of hydrogen-bond donors (Lipinski definition) is 2. The first kappa shape index (κ1) is 12.6. The molecule has 0 saturated carbocycles. The van der Waals surface area contributed by atoms with E-state index in [1.165, 1.54) is 0 Å². The summed E-state index contributed by atoms with van der Waals surface area (Å²) in [6, 6.07) is 7.63. The molecule has 0 aliphatic rings. The minimum Gasteiger partial charge on any atom is -0.444 e. The summed E-state index contributed by atoms with van der Waals surface area (Å²) in [5.74, 6) is 1.54. The van der Waals surface area contributed by atoms with Crippen molar-refractivity contribution in [1.29, 1.82) is 0 Å². The van der Waals surface area contributed by atoms with Gasteiger partial charge in [-0.05, 0) is 38.1 Å². The second kappa shape index (κ2) is 5.18. The minimum atomic E-state index is 0.403. The zero-order valence-electron chi connectivity index (χ0n) is 10.4. The van der Waals surface area contributed by atoms with Crippen molar-refractivity contribution in [1.82, 2.24) is 4.98 Å². The summed E-state index contributed by atoms with van der Waals surface area (Å²) in [7, 11) is 0. The number of thiocarbonyl (C=S) groups is 1. The molecule has 2 aromatic rings. The van der Waals surface area contributed by atoms with Crippen LogP contribution in [0.2, 0.25) is 0 Å². The first-order valence-corrected chi connectivity index (χ1v) is 6.03. The average molecular weight is 261 g/mol. The monoisotopic (exact) mass is 261 g/mol. The third kappa shape index (κ3) is 2.87. The molecule has 0 atom stereocenters. The maximum absolute atomic E-state index is 5.53. The van der Waals surface area contributed by atoms with E-state index in [1.807, 2.05) is 38.1 Å². The minimum absolute atomic E-state index is 0.403. The number of nitrogens with two attached hydrogens (primary N) is 1. The summed E-state index contributed by atoms with van der Waals surface area (Å²) in [6.07, 6.45) is 0. The number of aryl methyl sites for hydroxylation is 2. The van der Waals surface area contributed by atoms with Crippen LogP contribution in [-0.2, 0) is 6.54 Å². The number of nitrogens with zero attached hydrogens (tertiary/aromatic N) is 1. The Balaban J connectivity index is 2.00. The van der Waals surface area contributed by atoms with Gasteiger partial charge in [0.1, 0.15) is 10.7 Å². The molecule has 94 valence electrons. The highest BCUT2D eigenvalue weighted by atomic mass is 32.1.